The van der Waals surface area contributed by atoms with Crippen LogP contribution in [0.4, 0.5) is 11.4 Å². The van der Waals surface area contributed by atoms with Gasteiger partial charge in [0.2, 0.25) is 0 Å². The van der Waals surface area contributed by atoms with Crippen LogP contribution in [0.15, 0.2) is 66.7 Å². The largest absolute Gasteiger partial charge is 0.494 e. The predicted octanol–water partition coefficient (Wildman–Crippen LogP) is 3.86. The Morgan fingerprint density at radius 1 is 1.10 bits per heavy atom. The zero-order valence-corrected chi connectivity index (χ0v) is 16.6. The molecule has 0 bridgehead atoms. The number of rotatable bonds is 8. The number of anilines is 2. The Kier molecular flexibility index (Phi) is 6.22. The van der Waals surface area contributed by atoms with Crippen molar-refractivity contribution in [2.45, 2.75) is 13.0 Å². The predicted molar refractivity (Wildman–Crippen MR) is 119 cm³/mol. The van der Waals surface area contributed by atoms with Gasteiger partial charge in [0.05, 0.1) is 6.61 Å². The number of hydrogen-bond donors (Lipinski definition) is 5. The third-order valence-corrected chi connectivity index (χ3v) is 4.55. The van der Waals surface area contributed by atoms with Crippen LogP contribution in [0.1, 0.15) is 24.1 Å². The van der Waals surface area contributed by atoms with E-state index < -0.39 is 12.0 Å². The Labute approximate surface area is 174 Å². The summed E-state index contributed by atoms with van der Waals surface area (Å²) in [6, 6.07) is 18.5. The summed E-state index contributed by atoms with van der Waals surface area (Å²) in [4.78, 5) is 12.1. The number of ether oxygens (including phenoxy) is 1. The van der Waals surface area contributed by atoms with Crippen molar-refractivity contribution in [3.05, 3.63) is 77.9 Å². The molecule has 3 aromatic rings. The van der Waals surface area contributed by atoms with E-state index in [1.807, 2.05) is 37.3 Å². The van der Waals surface area contributed by atoms with Gasteiger partial charge in [0, 0.05) is 16.9 Å². The van der Waals surface area contributed by atoms with E-state index in [0.717, 1.165) is 11.1 Å². The van der Waals surface area contributed by atoms with Crippen molar-refractivity contribution < 1.29 is 14.6 Å². The van der Waals surface area contributed by atoms with E-state index in [-0.39, 0.29) is 5.84 Å². The number of amidine groups is 1. The zero-order valence-electron chi connectivity index (χ0n) is 16.6. The molecule has 1 atom stereocenters. The highest BCUT2D eigenvalue weighted by molar-refractivity contribution is 5.95. The lowest BCUT2D eigenvalue weighted by molar-refractivity contribution is -0.138. The third kappa shape index (κ3) is 4.88. The Morgan fingerprint density at radius 2 is 1.83 bits per heavy atom. The van der Waals surface area contributed by atoms with E-state index >= 15 is 0 Å². The summed E-state index contributed by atoms with van der Waals surface area (Å²) in [5, 5.41) is 20.4. The number of nitrogen functional groups attached to an aromatic ring is 2. The number of carboxylic acid groups (broad SMARTS) is 1. The summed E-state index contributed by atoms with van der Waals surface area (Å²) < 4.78 is 5.67. The monoisotopic (exact) mass is 404 g/mol. The fourth-order valence-corrected chi connectivity index (χ4v) is 3.12. The van der Waals surface area contributed by atoms with Gasteiger partial charge in [-0.2, -0.15) is 0 Å². The summed E-state index contributed by atoms with van der Waals surface area (Å²) in [5.74, 6) is -0.502. The number of carbonyl (C=O) groups is 1. The number of nitrogens with one attached hydrogen (secondary N) is 2. The van der Waals surface area contributed by atoms with Crippen LogP contribution in [-0.2, 0) is 4.79 Å². The Morgan fingerprint density at radius 3 is 2.43 bits per heavy atom. The molecule has 7 heteroatoms. The van der Waals surface area contributed by atoms with E-state index in [2.05, 4.69) is 5.32 Å². The smallest absolute Gasteiger partial charge is 0.330 e. The zero-order chi connectivity index (χ0) is 21.7. The molecule has 1 unspecified atom stereocenters. The average Bonchev–Trinajstić information content (AvgIpc) is 2.72. The molecule has 0 fully saturated rings. The first-order valence-corrected chi connectivity index (χ1v) is 9.45. The molecule has 0 aliphatic carbocycles. The number of benzene rings is 3. The van der Waals surface area contributed by atoms with Gasteiger partial charge in [-0.1, -0.05) is 12.1 Å². The number of hydrogen-bond acceptors (Lipinski definition) is 5. The van der Waals surface area contributed by atoms with Crippen LogP contribution in [0.25, 0.3) is 11.1 Å². The molecule has 0 saturated carbocycles. The molecule has 30 heavy (non-hydrogen) atoms. The lowest BCUT2D eigenvalue weighted by Gasteiger charge is -2.19. The van der Waals surface area contributed by atoms with Crippen LogP contribution in [0.2, 0.25) is 0 Å². The van der Waals surface area contributed by atoms with Crippen molar-refractivity contribution in [2.75, 3.05) is 17.7 Å². The van der Waals surface area contributed by atoms with Crippen molar-refractivity contribution in [1.82, 2.24) is 0 Å². The summed E-state index contributed by atoms with van der Waals surface area (Å²) in [7, 11) is 0. The van der Waals surface area contributed by atoms with Crippen LogP contribution in [0.3, 0.4) is 0 Å². The standard InChI is InChI=1S/C23H24N4O3/c1-2-30-20-12-16(15-4-3-5-18(24)11-15)10-17(13-20)21(23(28)29)27-19-8-6-14(7-9-19)22(25)26/h3-13,21,27H,2,24H2,1H3,(H3,25,26)(H,28,29). The maximum atomic E-state index is 12.1. The van der Waals surface area contributed by atoms with E-state index in [1.54, 1.807) is 36.4 Å². The first kappa shape index (κ1) is 20.7. The van der Waals surface area contributed by atoms with Crippen LogP contribution in [0, 0.1) is 5.41 Å². The third-order valence-electron chi connectivity index (χ3n) is 4.55. The van der Waals surface area contributed by atoms with E-state index in [4.69, 9.17) is 21.6 Å². The number of aliphatic carboxylic acids is 1. The molecule has 0 saturated heterocycles. The van der Waals surface area contributed by atoms with E-state index in [0.29, 0.717) is 34.9 Å². The van der Waals surface area contributed by atoms with Gasteiger partial charge in [-0.25, -0.2) is 4.79 Å². The Bertz CT molecular complexity index is 1060. The maximum absolute atomic E-state index is 12.1. The van der Waals surface area contributed by atoms with Gasteiger partial charge in [-0.15, -0.1) is 0 Å². The number of carboxylic acids is 1. The van der Waals surface area contributed by atoms with E-state index in [9.17, 15) is 9.90 Å². The van der Waals surface area contributed by atoms with Crippen molar-refractivity contribution in [2.24, 2.45) is 5.73 Å². The quantitative estimate of drug-likeness (QED) is 0.220. The van der Waals surface area contributed by atoms with Gasteiger partial charge >= 0.3 is 5.97 Å². The molecular formula is C23H24N4O3. The molecule has 3 rings (SSSR count). The highest BCUT2D eigenvalue weighted by Gasteiger charge is 2.21. The second-order valence-electron chi connectivity index (χ2n) is 6.76. The minimum absolute atomic E-state index is 0.0486. The van der Waals surface area contributed by atoms with Crippen molar-refractivity contribution in [3.63, 3.8) is 0 Å². The number of nitrogens with two attached hydrogens (primary N) is 2. The van der Waals surface area contributed by atoms with Crippen LogP contribution >= 0.6 is 0 Å². The molecule has 0 heterocycles. The van der Waals surface area contributed by atoms with Crippen molar-refractivity contribution >= 4 is 23.2 Å². The van der Waals surface area contributed by atoms with Gasteiger partial charge in [0.25, 0.3) is 0 Å². The summed E-state index contributed by atoms with van der Waals surface area (Å²) in [6.07, 6.45) is 0. The first-order chi connectivity index (χ1) is 14.4. The summed E-state index contributed by atoms with van der Waals surface area (Å²) in [5.41, 5.74) is 15.4. The normalized spacial score (nSPS) is 11.5. The minimum Gasteiger partial charge on any atom is -0.494 e. The molecule has 0 spiro atoms. The van der Waals surface area contributed by atoms with Gasteiger partial charge in [0.15, 0.2) is 6.04 Å². The van der Waals surface area contributed by atoms with E-state index in [1.165, 1.54) is 0 Å². The second-order valence-corrected chi connectivity index (χ2v) is 6.76. The van der Waals surface area contributed by atoms with Gasteiger partial charge in [-0.05, 0) is 78.2 Å². The molecule has 0 aromatic heterocycles. The molecule has 154 valence electrons. The second kappa shape index (κ2) is 9.00. The van der Waals surface area contributed by atoms with Crippen molar-refractivity contribution in [1.29, 1.82) is 5.41 Å². The lowest BCUT2D eigenvalue weighted by atomic mass is 9.98. The van der Waals surface area contributed by atoms with Gasteiger partial charge in [-0.3, -0.25) is 5.41 Å². The molecule has 0 aliphatic rings. The topological polar surface area (TPSA) is 134 Å². The highest BCUT2D eigenvalue weighted by Crippen LogP contribution is 2.31. The molecule has 0 radical (unpaired) electrons. The average molecular weight is 404 g/mol. The molecular weight excluding hydrogens is 380 g/mol. The van der Waals surface area contributed by atoms with Gasteiger partial charge in [0.1, 0.15) is 11.6 Å². The molecule has 7 nitrogen and oxygen atoms in total. The molecule has 0 amide bonds. The minimum atomic E-state index is -1.03. The fourth-order valence-electron chi connectivity index (χ4n) is 3.12. The highest BCUT2D eigenvalue weighted by atomic mass is 16.5. The maximum Gasteiger partial charge on any atom is 0.330 e. The fraction of sp³-hybridized carbons (Fsp3) is 0.130. The SMILES string of the molecule is CCOc1cc(-c2cccc(N)c2)cc(C(Nc2ccc(C(=N)N)cc2)C(=O)O)c1. The lowest BCUT2D eigenvalue weighted by Crippen LogP contribution is -2.21. The van der Waals surface area contributed by atoms with Crippen LogP contribution in [-0.4, -0.2) is 23.5 Å². The Hall–Kier alpha value is -4.00. The summed E-state index contributed by atoms with van der Waals surface area (Å²) >= 11 is 0. The summed E-state index contributed by atoms with van der Waals surface area (Å²) in [6.45, 7) is 2.33. The van der Waals surface area contributed by atoms with Crippen LogP contribution < -0.4 is 21.5 Å². The molecule has 3 aromatic carbocycles. The molecule has 0 aliphatic heterocycles. The first-order valence-electron chi connectivity index (χ1n) is 9.45. The van der Waals surface area contributed by atoms with Gasteiger partial charge < -0.3 is 26.6 Å². The van der Waals surface area contributed by atoms with Crippen LogP contribution in [0.5, 0.6) is 5.75 Å². The Balaban J connectivity index is 2.00. The molecule has 7 N–H and O–H groups in total. The van der Waals surface area contributed by atoms with Crippen molar-refractivity contribution in [3.8, 4) is 16.9 Å².